The lowest BCUT2D eigenvalue weighted by Crippen LogP contribution is -2.31. The van der Waals surface area contributed by atoms with E-state index >= 15 is 0 Å². The minimum absolute atomic E-state index is 0.0152. The third-order valence-electron chi connectivity index (χ3n) is 5.53. The van der Waals surface area contributed by atoms with Gasteiger partial charge in [0.25, 0.3) is 0 Å². The number of aryl methyl sites for hydroxylation is 1. The number of hydrogen-bond donors (Lipinski definition) is 1. The lowest BCUT2D eigenvalue weighted by molar-refractivity contribution is -0.118. The number of nitrogens with zero attached hydrogens (tertiary/aromatic N) is 2. The lowest BCUT2D eigenvalue weighted by Gasteiger charge is -2.21. The van der Waals surface area contributed by atoms with Gasteiger partial charge in [-0.3, -0.25) is 9.59 Å². The summed E-state index contributed by atoms with van der Waals surface area (Å²) in [5, 5.41) is 2.85. The summed E-state index contributed by atoms with van der Waals surface area (Å²) >= 11 is 0. The van der Waals surface area contributed by atoms with Crippen molar-refractivity contribution >= 4 is 23.2 Å². The Morgan fingerprint density at radius 1 is 0.971 bits per heavy atom. The normalized spacial score (nSPS) is 10.7. The summed E-state index contributed by atoms with van der Waals surface area (Å²) in [7, 11) is 0. The van der Waals surface area contributed by atoms with Crippen LogP contribution in [0.3, 0.4) is 0 Å². The number of carbonyl (C=O) groups is 2. The van der Waals surface area contributed by atoms with Crippen molar-refractivity contribution in [3.05, 3.63) is 102 Å². The van der Waals surface area contributed by atoms with Crippen molar-refractivity contribution in [3.8, 4) is 11.3 Å². The van der Waals surface area contributed by atoms with E-state index < -0.39 is 0 Å². The van der Waals surface area contributed by atoms with Crippen LogP contribution in [-0.2, 0) is 22.4 Å². The predicted molar refractivity (Wildman–Crippen MR) is 133 cm³/mol. The molecule has 178 valence electrons. The van der Waals surface area contributed by atoms with E-state index in [0.29, 0.717) is 30.3 Å². The second kappa shape index (κ2) is 11.2. The zero-order valence-electron chi connectivity index (χ0n) is 19.4. The van der Waals surface area contributed by atoms with Crippen LogP contribution in [0.2, 0.25) is 0 Å². The highest BCUT2D eigenvalue weighted by Crippen LogP contribution is 2.21. The first-order chi connectivity index (χ1) is 17.0. The Kier molecular flexibility index (Phi) is 7.67. The van der Waals surface area contributed by atoms with Gasteiger partial charge in [0, 0.05) is 36.3 Å². The van der Waals surface area contributed by atoms with Crippen LogP contribution in [0.5, 0.6) is 0 Å². The fourth-order valence-electron chi connectivity index (χ4n) is 3.70. The maximum atomic E-state index is 13.1. The highest BCUT2D eigenvalue weighted by Gasteiger charge is 2.14. The maximum Gasteiger partial charge on any atom is 0.231 e. The van der Waals surface area contributed by atoms with E-state index in [1.807, 2.05) is 49.4 Å². The van der Waals surface area contributed by atoms with E-state index in [2.05, 4.69) is 10.3 Å². The third-order valence-corrected chi connectivity index (χ3v) is 5.53. The van der Waals surface area contributed by atoms with Crippen LogP contribution in [0.15, 0.2) is 89.5 Å². The van der Waals surface area contributed by atoms with E-state index in [1.165, 1.54) is 12.1 Å². The van der Waals surface area contributed by atoms with Gasteiger partial charge in [-0.15, -0.1) is 0 Å². The molecule has 7 heteroatoms. The van der Waals surface area contributed by atoms with Gasteiger partial charge in [0.2, 0.25) is 11.8 Å². The summed E-state index contributed by atoms with van der Waals surface area (Å²) in [6, 6.07) is 22.8. The van der Waals surface area contributed by atoms with Crippen molar-refractivity contribution in [1.29, 1.82) is 0 Å². The summed E-state index contributed by atoms with van der Waals surface area (Å²) in [5.74, 6) is 0.490. The Morgan fingerprint density at radius 2 is 1.69 bits per heavy atom. The predicted octanol–water partition coefficient (Wildman–Crippen LogP) is 5.65. The number of oxazole rings is 1. The molecule has 35 heavy (non-hydrogen) atoms. The van der Waals surface area contributed by atoms with Crippen LogP contribution in [0, 0.1) is 5.82 Å². The molecule has 1 aromatic heterocycles. The fourth-order valence-corrected chi connectivity index (χ4v) is 3.70. The minimum atomic E-state index is -0.320. The first-order valence-corrected chi connectivity index (χ1v) is 11.5. The van der Waals surface area contributed by atoms with Gasteiger partial charge in [-0.25, -0.2) is 9.37 Å². The molecule has 4 aromatic rings. The van der Waals surface area contributed by atoms with E-state index in [0.717, 1.165) is 16.8 Å². The van der Waals surface area contributed by atoms with Crippen molar-refractivity contribution in [2.45, 2.75) is 26.2 Å². The largest absolute Gasteiger partial charge is 0.441 e. The van der Waals surface area contributed by atoms with Crippen molar-refractivity contribution in [1.82, 2.24) is 4.98 Å². The highest BCUT2D eigenvalue weighted by molar-refractivity contribution is 5.95. The first kappa shape index (κ1) is 23.9. The molecule has 1 N–H and O–H groups in total. The molecule has 0 unspecified atom stereocenters. The SMILES string of the molecule is CCN(C(=O)Cc1ccc(NC(=O)CCc2ncc(-c3ccc(F)cc3)o2)cc1)c1ccccc1. The smallest absolute Gasteiger partial charge is 0.231 e. The van der Waals surface area contributed by atoms with Gasteiger partial charge in [0.1, 0.15) is 5.82 Å². The van der Waals surface area contributed by atoms with Crippen LogP contribution in [0.1, 0.15) is 24.8 Å². The van der Waals surface area contributed by atoms with Gasteiger partial charge in [0.15, 0.2) is 11.7 Å². The molecule has 0 bridgehead atoms. The number of likely N-dealkylation sites (N-methyl/N-ethyl adjacent to an activating group) is 1. The molecule has 4 rings (SSSR count). The molecular formula is C28H26FN3O3. The summed E-state index contributed by atoms with van der Waals surface area (Å²) in [5.41, 5.74) is 3.12. The number of halogens is 1. The molecule has 0 fully saturated rings. The monoisotopic (exact) mass is 471 g/mol. The van der Waals surface area contributed by atoms with E-state index in [4.69, 9.17) is 4.42 Å². The summed E-state index contributed by atoms with van der Waals surface area (Å²) < 4.78 is 18.8. The molecule has 0 saturated heterocycles. The molecule has 0 aliphatic heterocycles. The molecule has 0 aliphatic carbocycles. The molecule has 0 aliphatic rings. The van der Waals surface area contributed by atoms with Gasteiger partial charge in [-0.1, -0.05) is 30.3 Å². The quantitative estimate of drug-likeness (QED) is 0.342. The van der Waals surface area contributed by atoms with Gasteiger partial charge < -0.3 is 14.6 Å². The Bertz CT molecular complexity index is 1270. The van der Waals surface area contributed by atoms with Crippen LogP contribution >= 0.6 is 0 Å². The Morgan fingerprint density at radius 3 is 2.37 bits per heavy atom. The molecule has 2 amide bonds. The highest BCUT2D eigenvalue weighted by atomic mass is 19.1. The average molecular weight is 472 g/mol. The number of aromatic nitrogens is 1. The Labute approximate surface area is 203 Å². The standard InChI is InChI=1S/C28H26FN3O3/c1-2-32(24-6-4-3-5-7-24)28(34)18-20-8-14-23(15-9-20)31-26(33)16-17-27-30-19-25(35-27)21-10-12-22(29)13-11-21/h3-15,19H,2,16-18H2,1H3,(H,31,33). The van der Waals surface area contributed by atoms with E-state index in [-0.39, 0.29) is 30.5 Å². The maximum absolute atomic E-state index is 13.1. The molecular weight excluding hydrogens is 445 g/mol. The molecule has 0 atom stereocenters. The zero-order valence-corrected chi connectivity index (χ0v) is 19.4. The zero-order chi connectivity index (χ0) is 24.6. The number of hydrogen-bond acceptors (Lipinski definition) is 4. The Balaban J connectivity index is 1.27. The van der Waals surface area contributed by atoms with Crippen molar-refractivity contribution in [2.75, 3.05) is 16.8 Å². The fraction of sp³-hybridized carbons (Fsp3) is 0.179. The van der Waals surface area contributed by atoms with Crippen LogP contribution in [0.4, 0.5) is 15.8 Å². The van der Waals surface area contributed by atoms with Crippen LogP contribution in [0.25, 0.3) is 11.3 Å². The molecule has 0 saturated carbocycles. The number of benzene rings is 3. The topological polar surface area (TPSA) is 75.4 Å². The van der Waals surface area contributed by atoms with Crippen LogP contribution < -0.4 is 10.2 Å². The van der Waals surface area contributed by atoms with Crippen molar-refractivity contribution in [3.63, 3.8) is 0 Å². The molecule has 1 heterocycles. The second-order valence-corrected chi connectivity index (χ2v) is 8.02. The number of nitrogens with one attached hydrogen (secondary N) is 1. The Hall–Kier alpha value is -4.26. The van der Waals surface area contributed by atoms with Crippen molar-refractivity contribution < 1.29 is 18.4 Å². The molecule has 0 radical (unpaired) electrons. The lowest BCUT2D eigenvalue weighted by atomic mass is 10.1. The minimum Gasteiger partial charge on any atom is -0.441 e. The number of carbonyl (C=O) groups excluding carboxylic acids is 2. The van der Waals surface area contributed by atoms with Crippen LogP contribution in [-0.4, -0.2) is 23.3 Å². The number of rotatable bonds is 9. The van der Waals surface area contributed by atoms with Crippen molar-refractivity contribution in [2.24, 2.45) is 0 Å². The van der Waals surface area contributed by atoms with Gasteiger partial charge in [-0.2, -0.15) is 0 Å². The summed E-state index contributed by atoms with van der Waals surface area (Å²) in [6.45, 7) is 2.54. The molecule has 0 spiro atoms. The van der Waals surface area contributed by atoms with E-state index in [1.54, 1.807) is 35.4 Å². The summed E-state index contributed by atoms with van der Waals surface area (Å²) in [4.78, 5) is 31.1. The van der Waals surface area contributed by atoms with E-state index in [9.17, 15) is 14.0 Å². The number of para-hydroxylation sites is 1. The first-order valence-electron chi connectivity index (χ1n) is 11.5. The summed E-state index contributed by atoms with van der Waals surface area (Å²) in [6.07, 6.45) is 2.38. The third kappa shape index (κ3) is 6.41. The average Bonchev–Trinajstić information content (AvgIpc) is 3.35. The molecule has 6 nitrogen and oxygen atoms in total. The number of anilines is 2. The van der Waals surface area contributed by atoms with Gasteiger partial charge >= 0.3 is 0 Å². The molecule has 3 aromatic carbocycles. The number of amides is 2. The van der Waals surface area contributed by atoms with Gasteiger partial charge in [-0.05, 0) is 61.0 Å². The second-order valence-electron chi connectivity index (χ2n) is 8.02. The van der Waals surface area contributed by atoms with Gasteiger partial charge in [0.05, 0.1) is 12.6 Å².